The Bertz CT molecular complexity index is 481. The predicted molar refractivity (Wildman–Crippen MR) is 84.7 cm³/mol. The van der Waals surface area contributed by atoms with Crippen molar-refractivity contribution in [1.29, 1.82) is 0 Å². The normalized spacial score (nSPS) is 18.4. The van der Waals surface area contributed by atoms with Gasteiger partial charge in [-0.25, -0.2) is 0 Å². The number of alkyl halides is 1. The first kappa shape index (κ1) is 15.6. The molecule has 20 heavy (non-hydrogen) atoms. The van der Waals surface area contributed by atoms with Crippen LogP contribution >= 0.6 is 27.5 Å². The number of amides is 1. The molecule has 0 aliphatic carbocycles. The highest BCUT2D eigenvalue weighted by atomic mass is 79.9. The van der Waals surface area contributed by atoms with Crippen molar-refractivity contribution in [2.75, 3.05) is 19.5 Å². The lowest BCUT2D eigenvalue weighted by Gasteiger charge is -2.25. The molecule has 1 aliphatic rings. The predicted octanol–water partition coefficient (Wildman–Crippen LogP) is 4.08. The highest BCUT2D eigenvalue weighted by molar-refractivity contribution is 9.10. The number of likely N-dealkylation sites (tertiary alicyclic amines) is 1. The molecule has 1 amide bonds. The minimum absolute atomic E-state index is 0.0615. The molecule has 5 heteroatoms. The van der Waals surface area contributed by atoms with Gasteiger partial charge in [0, 0.05) is 22.9 Å². The van der Waals surface area contributed by atoms with Crippen molar-refractivity contribution in [2.24, 2.45) is 0 Å². The van der Waals surface area contributed by atoms with Crippen molar-refractivity contribution in [1.82, 2.24) is 4.90 Å². The minimum atomic E-state index is 0.0615. The van der Waals surface area contributed by atoms with Gasteiger partial charge in [-0.2, -0.15) is 0 Å². The maximum absolute atomic E-state index is 12.7. The summed E-state index contributed by atoms with van der Waals surface area (Å²) in [6.45, 7) is 0.824. The van der Waals surface area contributed by atoms with E-state index in [2.05, 4.69) is 15.9 Å². The van der Waals surface area contributed by atoms with E-state index >= 15 is 0 Å². The number of ether oxygens (including phenoxy) is 1. The lowest BCUT2D eigenvalue weighted by Crippen LogP contribution is -2.35. The molecule has 0 radical (unpaired) electrons. The number of nitrogens with zero attached hydrogens (tertiary/aromatic N) is 1. The van der Waals surface area contributed by atoms with Crippen molar-refractivity contribution in [3.05, 3.63) is 28.2 Å². The summed E-state index contributed by atoms with van der Waals surface area (Å²) >= 11 is 9.16. The summed E-state index contributed by atoms with van der Waals surface area (Å²) in [7, 11) is 1.59. The number of carbonyl (C=O) groups is 1. The summed E-state index contributed by atoms with van der Waals surface area (Å²) in [5.74, 6) is 1.33. The van der Waals surface area contributed by atoms with Gasteiger partial charge in [0.15, 0.2) is 0 Å². The number of halogens is 2. The molecule has 0 saturated carbocycles. The molecule has 1 fully saturated rings. The van der Waals surface area contributed by atoms with Crippen LogP contribution in [0.1, 0.15) is 36.0 Å². The molecule has 110 valence electrons. The van der Waals surface area contributed by atoms with E-state index in [4.69, 9.17) is 16.3 Å². The van der Waals surface area contributed by atoms with Gasteiger partial charge in [0.1, 0.15) is 5.75 Å². The standard InChI is InChI=1S/C15H19BrClNO2/c1-20-14-10-11(16)6-7-13(14)15(19)18-9-3-5-12(18)4-2-8-17/h6-7,10,12H,2-5,8-9H2,1H3. The van der Waals surface area contributed by atoms with Crippen LogP contribution in [0.4, 0.5) is 0 Å². The molecule has 1 aliphatic heterocycles. The quantitative estimate of drug-likeness (QED) is 0.740. The Kier molecular flexibility index (Phi) is 5.73. The summed E-state index contributed by atoms with van der Waals surface area (Å²) < 4.78 is 6.23. The summed E-state index contributed by atoms with van der Waals surface area (Å²) in [6, 6.07) is 5.84. The van der Waals surface area contributed by atoms with Crippen LogP contribution in [0.3, 0.4) is 0 Å². The Balaban J connectivity index is 2.17. The third-order valence-electron chi connectivity index (χ3n) is 3.70. The monoisotopic (exact) mass is 359 g/mol. The van der Waals surface area contributed by atoms with Gasteiger partial charge in [-0.1, -0.05) is 15.9 Å². The SMILES string of the molecule is COc1cc(Br)ccc1C(=O)N1CCCC1CCCCl. The Morgan fingerprint density at radius 3 is 3.05 bits per heavy atom. The highest BCUT2D eigenvalue weighted by Gasteiger charge is 2.30. The molecular weight excluding hydrogens is 342 g/mol. The summed E-state index contributed by atoms with van der Waals surface area (Å²) in [5, 5.41) is 0. The van der Waals surface area contributed by atoms with E-state index in [1.807, 2.05) is 23.1 Å². The van der Waals surface area contributed by atoms with Crippen LogP contribution in [0.5, 0.6) is 5.75 Å². The molecule has 1 atom stereocenters. The third kappa shape index (κ3) is 3.47. The Hall–Kier alpha value is -0.740. The first-order valence-electron chi connectivity index (χ1n) is 6.88. The second kappa shape index (κ2) is 7.32. The highest BCUT2D eigenvalue weighted by Crippen LogP contribution is 2.29. The van der Waals surface area contributed by atoms with Gasteiger partial charge in [-0.3, -0.25) is 4.79 Å². The Labute approximate surface area is 133 Å². The second-order valence-electron chi connectivity index (χ2n) is 4.97. The van der Waals surface area contributed by atoms with E-state index in [1.165, 1.54) is 0 Å². The van der Waals surface area contributed by atoms with E-state index < -0.39 is 0 Å². The molecule has 2 rings (SSSR count). The van der Waals surface area contributed by atoms with E-state index in [1.54, 1.807) is 7.11 Å². The maximum Gasteiger partial charge on any atom is 0.257 e. The van der Waals surface area contributed by atoms with E-state index in [-0.39, 0.29) is 5.91 Å². The first-order chi connectivity index (χ1) is 9.67. The number of methoxy groups -OCH3 is 1. The largest absolute Gasteiger partial charge is 0.496 e. The summed E-state index contributed by atoms with van der Waals surface area (Å²) in [6.07, 6.45) is 4.07. The van der Waals surface area contributed by atoms with E-state index in [0.29, 0.717) is 23.2 Å². The van der Waals surface area contributed by atoms with Gasteiger partial charge in [-0.05, 0) is 43.9 Å². The molecule has 0 aromatic heterocycles. The number of benzene rings is 1. The second-order valence-corrected chi connectivity index (χ2v) is 6.26. The van der Waals surface area contributed by atoms with Gasteiger partial charge >= 0.3 is 0 Å². The number of hydrogen-bond acceptors (Lipinski definition) is 2. The van der Waals surface area contributed by atoms with Crippen LogP contribution in [-0.4, -0.2) is 36.4 Å². The molecule has 0 N–H and O–H groups in total. The number of hydrogen-bond donors (Lipinski definition) is 0. The zero-order valence-electron chi connectivity index (χ0n) is 11.6. The maximum atomic E-state index is 12.7. The van der Waals surface area contributed by atoms with Crippen molar-refractivity contribution >= 4 is 33.4 Å². The van der Waals surface area contributed by atoms with Crippen LogP contribution in [-0.2, 0) is 0 Å². The molecule has 1 heterocycles. The molecular formula is C15H19BrClNO2. The van der Waals surface area contributed by atoms with Crippen LogP contribution in [0.2, 0.25) is 0 Å². The zero-order valence-corrected chi connectivity index (χ0v) is 13.9. The van der Waals surface area contributed by atoms with E-state index in [0.717, 1.165) is 36.7 Å². The van der Waals surface area contributed by atoms with Crippen molar-refractivity contribution < 1.29 is 9.53 Å². The molecule has 3 nitrogen and oxygen atoms in total. The van der Waals surface area contributed by atoms with Crippen LogP contribution in [0.25, 0.3) is 0 Å². The van der Waals surface area contributed by atoms with Crippen LogP contribution < -0.4 is 4.74 Å². The average molecular weight is 361 g/mol. The molecule has 0 bridgehead atoms. The van der Waals surface area contributed by atoms with Crippen molar-refractivity contribution in [3.63, 3.8) is 0 Å². The topological polar surface area (TPSA) is 29.5 Å². The minimum Gasteiger partial charge on any atom is -0.496 e. The smallest absolute Gasteiger partial charge is 0.257 e. The fraction of sp³-hybridized carbons (Fsp3) is 0.533. The van der Waals surface area contributed by atoms with E-state index in [9.17, 15) is 4.79 Å². The Morgan fingerprint density at radius 1 is 1.55 bits per heavy atom. The molecule has 1 aromatic rings. The van der Waals surface area contributed by atoms with Gasteiger partial charge in [0.2, 0.25) is 0 Å². The summed E-state index contributed by atoms with van der Waals surface area (Å²) in [4.78, 5) is 14.7. The lowest BCUT2D eigenvalue weighted by molar-refractivity contribution is 0.0726. The average Bonchev–Trinajstić information content (AvgIpc) is 2.92. The molecule has 0 spiro atoms. The fourth-order valence-electron chi connectivity index (χ4n) is 2.71. The van der Waals surface area contributed by atoms with Gasteiger partial charge in [-0.15, -0.1) is 11.6 Å². The van der Waals surface area contributed by atoms with Gasteiger partial charge in [0.25, 0.3) is 5.91 Å². The number of rotatable bonds is 5. The first-order valence-corrected chi connectivity index (χ1v) is 8.20. The third-order valence-corrected chi connectivity index (χ3v) is 4.46. The molecule has 1 aromatic carbocycles. The summed E-state index contributed by atoms with van der Waals surface area (Å²) in [5.41, 5.74) is 0.633. The number of carbonyl (C=O) groups excluding carboxylic acids is 1. The van der Waals surface area contributed by atoms with Crippen molar-refractivity contribution in [2.45, 2.75) is 31.7 Å². The van der Waals surface area contributed by atoms with Crippen LogP contribution in [0.15, 0.2) is 22.7 Å². The Morgan fingerprint density at radius 2 is 2.35 bits per heavy atom. The lowest BCUT2D eigenvalue weighted by atomic mass is 10.1. The van der Waals surface area contributed by atoms with Crippen LogP contribution in [0, 0.1) is 0 Å². The van der Waals surface area contributed by atoms with Gasteiger partial charge < -0.3 is 9.64 Å². The molecule has 1 saturated heterocycles. The van der Waals surface area contributed by atoms with Gasteiger partial charge in [0.05, 0.1) is 12.7 Å². The molecule has 1 unspecified atom stereocenters. The fourth-order valence-corrected chi connectivity index (χ4v) is 3.21. The van der Waals surface area contributed by atoms with Crippen molar-refractivity contribution in [3.8, 4) is 5.75 Å². The zero-order chi connectivity index (χ0) is 14.5.